The highest BCUT2D eigenvalue weighted by Gasteiger charge is 2.43. The minimum Gasteiger partial charge on any atom is -0.469 e. The maximum atomic E-state index is 12.5. The third-order valence-electron chi connectivity index (χ3n) is 3.85. The van der Waals surface area contributed by atoms with Crippen LogP contribution < -0.4 is 4.74 Å². The van der Waals surface area contributed by atoms with Crippen LogP contribution in [0.2, 0.25) is 0 Å². The fraction of sp³-hybridized carbons (Fsp3) is 0.667. The second kappa shape index (κ2) is 10.7. The summed E-state index contributed by atoms with van der Waals surface area (Å²) in [5.41, 5.74) is 0. The van der Waals surface area contributed by atoms with Gasteiger partial charge in [0.15, 0.2) is 0 Å². The summed E-state index contributed by atoms with van der Waals surface area (Å²) in [6.45, 7) is 5.53. The lowest BCUT2D eigenvalue weighted by molar-refractivity contribution is -0.201. The molecule has 0 heterocycles. The average Bonchev–Trinajstić information content (AvgIpc) is 2.57. The van der Waals surface area contributed by atoms with Gasteiger partial charge >= 0.3 is 10.1 Å². The molecule has 6 heteroatoms. The van der Waals surface area contributed by atoms with E-state index in [-0.39, 0.29) is 6.61 Å². The van der Waals surface area contributed by atoms with Crippen molar-refractivity contribution < 1.29 is 22.4 Å². The van der Waals surface area contributed by atoms with E-state index in [0.29, 0.717) is 12.2 Å². The van der Waals surface area contributed by atoms with E-state index in [1.54, 1.807) is 38.1 Å². The summed E-state index contributed by atoms with van der Waals surface area (Å²) < 4.78 is 35.5. The Hall–Kier alpha value is -1.11. The van der Waals surface area contributed by atoms with E-state index in [4.69, 9.17) is 4.74 Å². The van der Waals surface area contributed by atoms with Crippen LogP contribution >= 0.6 is 0 Å². The predicted molar refractivity (Wildman–Crippen MR) is 95.1 cm³/mol. The quantitative estimate of drug-likeness (QED) is 0.287. The predicted octanol–water partition coefficient (Wildman–Crippen LogP) is 4.83. The average molecular weight is 359 g/mol. The minimum atomic E-state index is -4.02. The monoisotopic (exact) mass is 358 g/mol. The standard InChI is InChI=1S/C18H30O5S/c1-4-6-7-8-9-13-16-18(3,24(19,20)23-21-5-2)22-17-14-11-10-12-15-17/h10-12,14-15H,4-9,13,16H2,1-3H3. The fourth-order valence-corrected chi connectivity index (χ4v) is 3.33. The molecule has 5 nitrogen and oxygen atoms in total. The molecular formula is C18H30O5S. The Morgan fingerprint density at radius 2 is 1.58 bits per heavy atom. The second-order valence-electron chi connectivity index (χ2n) is 6.00. The largest absolute Gasteiger partial charge is 0.469 e. The van der Waals surface area contributed by atoms with Crippen molar-refractivity contribution in [2.75, 3.05) is 6.61 Å². The van der Waals surface area contributed by atoms with Gasteiger partial charge in [0.25, 0.3) is 0 Å². The molecule has 0 aliphatic carbocycles. The zero-order valence-electron chi connectivity index (χ0n) is 15.0. The zero-order valence-corrected chi connectivity index (χ0v) is 15.8. The van der Waals surface area contributed by atoms with Gasteiger partial charge < -0.3 is 4.74 Å². The molecule has 138 valence electrons. The van der Waals surface area contributed by atoms with Gasteiger partial charge in [0.1, 0.15) is 5.75 Å². The molecule has 0 radical (unpaired) electrons. The first-order valence-electron chi connectivity index (χ1n) is 8.75. The van der Waals surface area contributed by atoms with Crippen LogP contribution in [0.1, 0.15) is 65.7 Å². The maximum Gasteiger partial charge on any atom is 0.334 e. The van der Waals surface area contributed by atoms with E-state index in [0.717, 1.165) is 19.3 Å². The fourth-order valence-electron chi connectivity index (χ4n) is 2.37. The molecule has 1 aromatic rings. The third kappa shape index (κ3) is 6.79. The first-order chi connectivity index (χ1) is 11.4. The van der Waals surface area contributed by atoms with Crippen molar-refractivity contribution in [3.05, 3.63) is 30.3 Å². The third-order valence-corrected chi connectivity index (χ3v) is 5.47. The highest BCUT2D eigenvalue weighted by molar-refractivity contribution is 7.87. The molecule has 1 rings (SSSR count). The Morgan fingerprint density at radius 3 is 2.21 bits per heavy atom. The van der Waals surface area contributed by atoms with Gasteiger partial charge in [-0.05, 0) is 32.4 Å². The van der Waals surface area contributed by atoms with Crippen molar-refractivity contribution >= 4 is 10.1 Å². The highest BCUT2D eigenvalue weighted by Crippen LogP contribution is 2.30. The van der Waals surface area contributed by atoms with Crippen molar-refractivity contribution in [3.8, 4) is 5.75 Å². The van der Waals surface area contributed by atoms with E-state index < -0.39 is 15.1 Å². The number of para-hydroxylation sites is 1. The summed E-state index contributed by atoms with van der Waals surface area (Å²) in [7, 11) is -4.02. The van der Waals surface area contributed by atoms with Crippen LogP contribution in [0.3, 0.4) is 0 Å². The lowest BCUT2D eigenvalue weighted by Crippen LogP contribution is -2.42. The Morgan fingerprint density at radius 1 is 0.958 bits per heavy atom. The Bertz CT molecular complexity index is 544. The molecule has 1 aromatic carbocycles. The molecule has 0 spiro atoms. The molecule has 24 heavy (non-hydrogen) atoms. The van der Waals surface area contributed by atoms with Gasteiger partial charge in [-0.1, -0.05) is 57.2 Å². The summed E-state index contributed by atoms with van der Waals surface area (Å²) in [5.74, 6) is 0.495. The minimum absolute atomic E-state index is 0.150. The van der Waals surface area contributed by atoms with Gasteiger partial charge in [0.2, 0.25) is 4.93 Å². The van der Waals surface area contributed by atoms with Gasteiger partial charge in [-0.15, -0.1) is 4.33 Å². The van der Waals surface area contributed by atoms with Gasteiger partial charge in [0.05, 0.1) is 6.61 Å². The van der Waals surface area contributed by atoms with Crippen molar-refractivity contribution in [2.45, 2.75) is 70.7 Å². The molecule has 0 aliphatic rings. The SMILES string of the molecule is CCCCCCCCC(C)(Oc1ccccc1)S(=O)(=O)OOCC. The molecule has 0 saturated carbocycles. The highest BCUT2D eigenvalue weighted by atomic mass is 32.2. The Kier molecular flexibility index (Phi) is 9.33. The first-order valence-corrected chi connectivity index (χ1v) is 10.2. The molecule has 0 aliphatic heterocycles. The number of benzene rings is 1. The molecule has 0 N–H and O–H groups in total. The van der Waals surface area contributed by atoms with Crippen molar-refractivity contribution in [1.82, 2.24) is 0 Å². The Labute approximate surface area is 146 Å². The zero-order chi connectivity index (χ0) is 17.9. The van der Waals surface area contributed by atoms with Gasteiger partial charge in [0, 0.05) is 6.42 Å². The lowest BCUT2D eigenvalue weighted by Gasteiger charge is -2.29. The van der Waals surface area contributed by atoms with Crippen LogP contribution in [0.4, 0.5) is 0 Å². The summed E-state index contributed by atoms with van der Waals surface area (Å²) >= 11 is 0. The smallest absolute Gasteiger partial charge is 0.334 e. The number of hydrogen-bond acceptors (Lipinski definition) is 5. The lowest BCUT2D eigenvalue weighted by atomic mass is 10.1. The van der Waals surface area contributed by atoms with Crippen LogP contribution in [0.15, 0.2) is 30.3 Å². The molecule has 1 unspecified atom stereocenters. The second-order valence-corrected chi connectivity index (χ2v) is 7.90. The molecule has 0 amide bonds. The van der Waals surface area contributed by atoms with Gasteiger partial charge in [-0.25, -0.2) is 4.89 Å². The van der Waals surface area contributed by atoms with Crippen LogP contribution in [-0.4, -0.2) is 20.0 Å². The number of unbranched alkanes of at least 4 members (excludes halogenated alkanes) is 5. The first kappa shape index (κ1) is 20.9. The summed E-state index contributed by atoms with van der Waals surface area (Å²) in [6.07, 6.45) is 6.74. The van der Waals surface area contributed by atoms with Crippen LogP contribution in [0.25, 0.3) is 0 Å². The van der Waals surface area contributed by atoms with E-state index >= 15 is 0 Å². The van der Waals surface area contributed by atoms with E-state index in [9.17, 15) is 8.42 Å². The van der Waals surface area contributed by atoms with E-state index in [2.05, 4.69) is 16.1 Å². The van der Waals surface area contributed by atoms with E-state index in [1.807, 2.05) is 6.07 Å². The molecule has 0 saturated heterocycles. The maximum absolute atomic E-state index is 12.5. The van der Waals surface area contributed by atoms with Gasteiger partial charge in [-0.2, -0.15) is 8.42 Å². The molecule has 0 bridgehead atoms. The van der Waals surface area contributed by atoms with Crippen LogP contribution in [-0.2, 0) is 19.3 Å². The summed E-state index contributed by atoms with van der Waals surface area (Å²) in [4.78, 5) is 3.20. The molecule has 0 fully saturated rings. The van der Waals surface area contributed by atoms with Crippen molar-refractivity contribution in [2.24, 2.45) is 0 Å². The Balaban J connectivity index is 2.75. The summed E-state index contributed by atoms with van der Waals surface area (Å²) in [5, 5.41) is 0. The van der Waals surface area contributed by atoms with Crippen molar-refractivity contribution in [1.29, 1.82) is 0 Å². The molecular weight excluding hydrogens is 328 g/mol. The summed E-state index contributed by atoms with van der Waals surface area (Å²) in [6, 6.07) is 8.92. The normalized spacial score (nSPS) is 14.3. The van der Waals surface area contributed by atoms with Crippen LogP contribution in [0.5, 0.6) is 5.75 Å². The number of ether oxygens (including phenoxy) is 1. The van der Waals surface area contributed by atoms with Crippen molar-refractivity contribution in [3.63, 3.8) is 0 Å². The van der Waals surface area contributed by atoms with Gasteiger partial charge in [-0.3, -0.25) is 0 Å². The van der Waals surface area contributed by atoms with E-state index in [1.165, 1.54) is 19.3 Å². The molecule has 1 atom stereocenters. The molecule has 0 aromatic heterocycles. The number of rotatable bonds is 13. The number of hydrogen-bond donors (Lipinski definition) is 0. The topological polar surface area (TPSA) is 61.8 Å². The van der Waals surface area contributed by atoms with Crippen LogP contribution in [0, 0.1) is 0 Å².